The van der Waals surface area contributed by atoms with Gasteiger partial charge in [0.2, 0.25) is 5.91 Å². The molecule has 16 heavy (non-hydrogen) atoms. The molecule has 1 amide bonds. The molecule has 0 fully saturated rings. The van der Waals surface area contributed by atoms with Gasteiger partial charge in [-0.2, -0.15) is 0 Å². The number of amides is 1. The van der Waals surface area contributed by atoms with Gasteiger partial charge in [-0.25, -0.2) is 4.39 Å². The summed E-state index contributed by atoms with van der Waals surface area (Å²) in [7, 11) is 0. The Bertz CT molecular complexity index is 366. The maximum absolute atomic E-state index is 13.2. The maximum Gasteiger partial charge on any atom is 0.234 e. The van der Waals surface area contributed by atoms with Crippen molar-refractivity contribution in [2.45, 2.75) is 6.54 Å². The van der Waals surface area contributed by atoms with Crippen LogP contribution >= 0.6 is 0 Å². The smallest absolute Gasteiger partial charge is 0.234 e. The number of halogens is 1. The first-order valence-corrected chi connectivity index (χ1v) is 5.05. The molecule has 0 aliphatic rings. The summed E-state index contributed by atoms with van der Waals surface area (Å²) in [6.45, 7) is 4.51. The van der Waals surface area contributed by atoms with Crippen molar-refractivity contribution in [1.29, 1.82) is 0 Å². The Morgan fingerprint density at radius 3 is 2.88 bits per heavy atom. The normalized spacial score (nSPS) is 9.81. The molecule has 0 saturated heterocycles. The van der Waals surface area contributed by atoms with Crippen LogP contribution in [0.2, 0.25) is 0 Å². The fraction of sp³-hybridized carbons (Fsp3) is 0.250. The van der Waals surface area contributed by atoms with E-state index in [4.69, 9.17) is 0 Å². The Kier molecular flexibility index (Phi) is 5.22. The van der Waals surface area contributed by atoms with Gasteiger partial charge < -0.3 is 10.6 Å². The first-order chi connectivity index (χ1) is 7.74. The van der Waals surface area contributed by atoms with Crippen LogP contribution in [0.1, 0.15) is 5.56 Å². The molecule has 0 aromatic heterocycles. The molecule has 4 heteroatoms. The zero-order valence-corrected chi connectivity index (χ0v) is 9.00. The Morgan fingerprint density at radius 2 is 2.19 bits per heavy atom. The van der Waals surface area contributed by atoms with E-state index in [1.807, 2.05) is 0 Å². The number of rotatable bonds is 6. The highest BCUT2D eigenvalue weighted by atomic mass is 19.1. The zero-order chi connectivity index (χ0) is 11.8. The second-order valence-electron chi connectivity index (χ2n) is 3.29. The number of carbonyl (C=O) groups is 1. The van der Waals surface area contributed by atoms with Crippen molar-refractivity contribution in [3.8, 4) is 0 Å². The molecule has 0 saturated carbocycles. The number of carbonyl (C=O) groups excluding carboxylic acids is 1. The molecule has 0 heterocycles. The third-order valence-electron chi connectivity index (χ3n) is 2.01. The minimum absolute atomic E-state index is 0.162. The minimum atomic E-state index is -0.304. The van der Waals surface area contributed by atoms with Crippen molar-refractivity contribution in [3.63, 3.8) is 0 Å². The van der Waals surface area contributed by atoms with E-state index in [0.717, 1.165) is 0 Å². The van der Waals surface area contributed by atoms with Crippen molar-refractivity contribution in [2.24, 2.45) is 0 Å². The largest absolute Gasteiger partial charge is 0.351 e. The van der Waals surface area contributed by atoms with Gasteiger partial charge in [0.1, 0.15) is 5.82 Å². The van der Waals surface area contributed by atoms with Gasteiger partial charge in [0.25, 0.3) is 0 Å². The van der Waals surface area contributed by atoms with Crippen LogP contribution in [0.3, 0.4) is 0 Å². The molecule has 0 aliphatic carbocycles. The van der Waals surface area contributed by atoms with E-state index in [9.17, 15) is 9.18 Å². The molecule has 3 nitrogen and oxygen atoms in total. The van der Waals surface area contributed by atoms with Gasteiger partial charge in [-0.3, -0.25) is 4.79 Å². The highest BCUT2D eigenvalue weighted by Crippen LogP contribution is 2.04. The molecule has 0 radical (unpaired) electrons. The molecule has 1 aromatic rings. The predicted molar refractivity (Wildman–Crippen MR) is 61.3 cm³/mol. The van der Waals surface area contributed by atoms with Crippen LogP contribution in [-0.2, 0) is 11.3 Å². The molecular weight excluding hydrogens is 207 g/mol. The second kappa shape index (κ2) is 6.74. The monoisotopic (exact) mass is 222 g/mol. The number of nitrogens with one attached hydrogen (secondary N) is 2. The van der Waals surface area contributed by atoms with Crippen molar-refractivity contribution in [1.82, 2.24) is 10.6 Å². The van der Waals surface area contributed by atoms with E-state index in [2.05, 4.69) is 17.2 Å². The summed E-state index contributed by atoms with van der Waals surface area (Å²) in [6, 6.07) is 6.37. The second-order valence-corrected chi connectivity index (χ2v) is 3.29. The Balaban J connectivity index is 2.31. The van der Waals surface area contributed by atoms with Gasteiger partial charge in [0.05, 0.1) is 6.54 Å². The molecule has 2 N–H and O–H groups in total. The fourth-order valence-corrected chi connectivity index (χ4v) is 1.19. The average molecular weight is 222 g/mol. The lowest BCUT2D eigenvalue weighted by Crippen LogP contribution is -2.33. The van der Waals surface area contributed by atoms with E-state index in [-0.39, 0.29) is 24.8 Å². The third-order valence-corrected chi connectivity index (χ3v) is 2.01. The quantitative estimate of drug-likeness (QED) is 0.561. The van der Waals surface area contributed by atoms with E-state index in [1.54, 1.807) is 24.3 Å². The number of benzene rings is 1. The maximum atomic E-state index is 13.2. The first kappa shape index (κ1) is 12.4. The molecule has 1 aromatic carbocycles. The fourth-order valence-electron chi connectivity index (χ4n) is 1.19. The van der Waals surface area contributed by atoms with Crippen LogP contribution in [0.4, 0.5) is 4.39 Å². The van der Waals surface area contributed by atoms with Crippen LogP contribution < -0.4 is 10.6 Å². The molecule has 0 unspecified atom stereocenters. The molecular formula is C12H15FN2O. The molecule has 0 atom stereocenters. The van der Waals surface area contributed by atoms with Crippen LogP contribution in [-0.4, -0.2) is 19.0 Å². The van der Waals surface area contributed by atoms with Crippen LogP contribution in [0.15, 0.2) is 36.9 Å². The van der Waals surface area contributed by atoms with Crippen LogP contribution in [0, 0.1) is 5.82 Å². The van der Waals surface area contributed by atoms with Gasteiger partial charge in [-0.1, -0.05) is 24.3 Å². The van der Waals surface area contributed by atoms with Crippen LogP contribution in [0.5, 0.6) is 0 Å². The molecule has 0 bridgehead atoms. The topological polar surface area (TPSA) is 41.1 Å². The summed E-state index contributed by atoms with van der Waals surface area (Å²) < 4.78 is 13.2. The Morgan fingerprint density at radius 1 is 1.44 bits per heavy atom. The molecule has 0 aliphatic heterocycles. The lowest BCUT2D eigenvalue weighted by Gasteiger charge is -2.06. The zero-order valence-electron chi connectivity index (χ0n) is 9.00. The van der Waals surface area contributed by atoms with E-state index in [1.165, 1.54) is 6.07 Å². The van der Waals surface area contributed by atoms with Gasteiger partial charge in [-0.15, -0.1) is 6.58 Å². The first-order valence-electron chi connectivity index (χ1n) is 5.05. The highest BCUT2D eigenvalue weighted by molar-refractivity contribution is 5.77. The van der Waals surface area contributed by atoms with E-state index < -0.39 is 0 Å². The Hall–Kier alpha value is -1.68. The van der Waals surface area contributed by atoms with Gasteiger partial charge >= 0.3 is 0 Å². The van der Waals surface area contributed by atoms with Crippen molar-refractivity contribution in [3.05, 3.63) is 48.3 Å². The number of hydrogen-bond acceptors (Lipinski definition) is 2. The highest BCUT2D eigenvalue weighted by Gasteiger charge is 2.03. The minimum Gasteiger partial charge on any atom is -0.351 e. The number of hydrogen-bond donors (Lipinski definition) is 2. The lowest BCUT2D eigenvalue weighted by atomic mass is 10.2. The third kappa shape index (κ3) is 4.23. The SMILES string of the molecule is C=CCNCC(=O)NCc1ccccc1F. The van der Waals surface area contributed by atoms with Crippen molar-refractivity contribution < 1.29 is 9.18 Å². The average Bonchev–Trinajstić information content (AvgIpc) is 2.28. The lowest BCUT2D eigenvalue weighted by molar-refractivity contribution is -0.120. The van der Waals surface area contributed by atoms with E-state index in [0.29, 0.717) is 12.1 Å². The molecule has 1 rings (SSSR count). The predicted octanol–water partition coefficient (Wildman–Crippen LogP) is 1.22. The van der Waals surface area contributed by atoms with Crippen LogP contribution in [0.25, 0.3) is 0 Å². The van der Waals surface area contributed by atoms with E-state index >= 15 is 0 Å². The van der Waals surface area contributed by atoms with Gasteiger partial charge in [-0.05, 0) is 6.07 Å². The summed E-state index contributed by atoms with van der Waals surface area (Å²) in [5.74, 6) is -0.466. The Labute approximate surface area is 94.4 Å². The summed E-state index contributed by atoms with van der Waals surface area (Å²) in [5.41, 5.74) is 0.486. The van der Waals surface area contributed by atoms with Gasteiger partial charge in [0.15, 0.2) is 0 Å². The molecule has 86 valence electrons. The van der Waals surface area contributed by atoms with Crippen molar-refractivity contribution in [2.75, 3.05) is 13.1 Å². The molecule has 0 spiro atoms. The summed E-state index contributed by atoms with van der Waals surface area (Å²) in [6.07, 6.45) is 1.67. The summed E-state index contributed by atoms with van der Waals surface area (Å²) >= 11 is 0. The summed E-state index contributed by atoms with van der Waals surface area (Å²) in [5, 5.41) is 5.48. The van der Waals surface area contributed by atoms with Gasteiger partial charge in [0, 0.05) is 18.7 Å². The standard InChI is InChI=1S/C12H15FN2O/c1-2-7-14-9-12(16)15-8-10-5-3-4-6-11(10)13/h2-6,14H,1,7-9H2,(H,15,16). The van der Waals surface area contributed by atoms with Crippen molar-refractivity contribution >= 4 is 5.91 Å². The summed E-state index contributed by atoms with van der Waals surface area (Å²) in [4.78, 5) is 11.3.